The van der Waals surface area contributed by atoms with Crippen LogP contribution >= 0.6 is 0 Å². The van der Waals surface area contributed by atoms with Crippen molar-refractivity contribution in [2.75, 3.05) is 0 Å². The van der Waals surface area contributed by atoms with Gasteiger partial charge in [-0.25, -0.2) is 0 Å². The summed E-state index contributed by atoms with van der Waals surface area (Å²) in [6.45, 7) is 2.27. The molecule has 3 aliphatic carbocycles. The molecule has 0 amide bonds. The molecule has 0 saturated heterocycles. The molecule has 2 heteroatoms. The molecule has 2 nitrogen and oxygen atoms in total. The van der Waals surface area contributed by atoms with Crippen molar-refractivity contribution < 1.29 is 5.11 Å². The van der Waals surface area contributed by atoms with Gasteiger partial charge in [0.05, 0.1) is 5.60 Å². The maximum atomic E-state index is 11.0. The third-order valence-electron chi connectivity index (χ3n) is 6.27. The van der Waals surface area contributed by atoms with E-state index in [0.29, 0.717) is 5.92 Å². The molecule has 98 valence electrons. The fraction of sp³-hybridized carbons (Fsp3) is 1.00. The summed E-state index contributed by atoms with van der Waals surface area (Å²) in [6.07, 6.45) is 10.5. The van der Waals surface area contributed by atoms with Crippen LogP contribution in [0.2, 0.25) is 0 Å². The van der Waals surface area contributed by atoms with Gasteiger partial charge in [-0.2, -0.15) is 0 Å². The fourth-order valence-corrected chi connectivity index (χ4v) is 4.97. The molecule has 0 radical (unpaired) electrons. The number of hydrogen-bond acceptors (Lipinski definition) is 2. The summed E-state index contributed by atoms with van der Waals surface area (Å²) >= 11 is 0. The van der Waals surface area contributed by atoms with Crippen molar-refractivity contribution in [3.8, 4) is 0 Å². The van der Waals surface area contributed by atoms with Crippen LogP contribution < -0.4 is 5.73 Å². The molecule has 0 aromatic heterocycles. The van der Waals surface area contributed by atoms with E-state index in [2.05, 4.69) is 6.92 Å². The lowest BCUT2D eigenvalue weighted by Crippen LogP contribution is -2.64. The zero-order chi connectivity index (χ0) is 12.1. The highest BCUT2D eigenvalue weighted by atomic mass is 16.3. The van der Waals surface area contributed by atoms with E-state index in [9.17, 15) is 5.11 Å². The zero-order valence-corrected chi connectivity index (χ0v) is 11.1. The minimum Gasteiger partial charge on any atom is -0.388 e. The minimum absolute atomic E-state index is 0.241. The second-order valence-corrected chi connectivity index (χ2v) is 7.00. The number of hydrogen-bond donors (Lipinski definition) is 2. The van der Waals surface area contributed by atoms with Crippen LogP contribution in [0.1, 0.15) is 64.7 Å². The van der Waals surface area contributed by atoms with Crippen molar-refractivity contribution in [3.05, 3.63) is 0 Å². The first-order valence-corrected chi connectivity index (χ1v) is 7.58. The van der Waals surface area contributed by atoms with Crippen LogP contribution in [0.3, 0.4) is 0 Å². The topological polar surface area (TPSA) is 46.2 Å². The summed E-state index contributed by atoms with van der Waals surface area (Å²) in [6, 6.07) is 0. The highest BCUT2D eigenvalue weighted by molar-refractivity contribution is 5.15. The Kier molecular flexibility index (Phi) is 2.79. The number of fused-ring (bicyclic) bond motifs is 2. The third kappa shape index (κ3) is 1.67. The zero-order valence-electron chi connectivity index (χ0n) is 11.1. The summed E-state index contributed by atoms with van der Waals surface area (Å²) in [5.74, 6) is 2.26. The van der Waals surface area contributed by atoms with E-state index in [1.807, 2.05) is 0 Å². The molecule has 3 fully saturated rings. The molecule has 0 spiro atoms. The molecular formula is C15H27NO. The summed E-state index contributed by atoms with van der Waals surface area (Å²) in [7, 11) is 0. The number of rotatable bonds is 2. The lowest BCUT2D eigenvalue weighted by Gasteiger charge is -2.50. The third-order valence-corrected chi connectivity index (χ3v) is 6.27. The van der Waals surface area contributed by atoms with Crippen LogP contribution in [0.15, 0.2) is 0 Å². The molecule has 3 N–H and O–H groups in total. The molecule has 0 aromatic carbocycles. The van der Waals surface area contributed by atoms with Gasteiger partial charge in [-0.3, -0.25) is 0 Å². The monoisotopic (exact) mass is 237 g/mol. The quantitative estimate of drug-likeness (QED) is 0.775. The Bertz CT molecular complexity index is 295. The van der Waals surface area contributed by atoms with Gasteiger partial charge < -0.3 is 10.8 Å². The van der Waals surface area contributed by atoms with Gasteiger partial charge in [-0.1, -0.05) is 19.8 Å². The van der Waals surface area contributed by atoms with Gasteiger partial charge >= 0.3 is 0 Å². The number of nitrogens with two attached hydrogens (primary N) is 1. The van der Waals surface area contributed by atoms with Crippen molar-refractivity contribution in [3.63, 3.8) is 0 Å². The second kappa shape index (κ2) is 3.96. The van der Waals surface area contributed by atoms with E-state index in [1.165, 1.54) is 38.5 Å². The van der Waals surface area contributed by atoms with E-state index in [-0.39, 0.29) is 5.54 Å². The average Bonchev–Trinajstić information content (AvgIpc) is 2.90. The molecule has 0 aliphatic heterocycles. The van der Waals surface area contributed by atoms with Crippen LogP contribution in [-0.2, 0) is 0 Å². The Labute approximate surface area is 105 Å². The average molecular weight is 237 g/mol. The summed E-state index contributed by atoms with van der Waals surface area (Å²) in [5, 5.41) is 11.0. The van der Waals surface area contributed by atoms with Crippen LogP contribution in [-0.4, -0.2) is 16.2 Å². The van der Waals surface area contributed by atoms with Crippen molar-refractivity contribution in [1.82, 2.24) is 0 Å². The first-order chi connectivity index (χ1) is 8.07. The van der Waals surface area contributed by atoms with Crippen LogP contribution in [0.25, 0.3) is 0 Å². The standard InChI is InChI=1S/C15H27NO/c1-2-11-5-7-14(17,8-6-11)15(16)10-12-3-4-13(15)9-12/h11-13,17H,2-10,16H2,1H3. The first kappa shape index (κ1) is 12.0. The SMILES string of the molecule is CCC1CCC(O)(C2(N)CC3CCC2C3)CC1. The molecule has 3 unspecified atom stereocenters. The highest BCUT2D eigenvalue weighted by Gasteiger charge is 2.59. The maximum Gasteiger partial charge on any atom is 0.0829 e. The van der Waals surface area contributed by atoms with E-state index < -0.39 is 5.60 Å². The molecule has 3 rings (SSSR count). The largest absolute Gasteiger partial charge is 0.388 e. The van der Waals surface area contributed by atoms with E-state index in [0.717, 1.165) is 31.1 Å². The molecule has 17 heavy (non-hydrogen) atoms. The lowest BCUT2D eigenvalue weighted by atomic mass is 9.62. The van der Waals surface area contributed by atoms with Crippen LogP contribution in [0.5, 0.6) is 0 Å². The van der Waals surface area contributed by atoms with Crippen molar-refractivity contribution >= 4 is 0 Å². The summed E-state index contributed by atoms with van der Waals surface area (Å²) in [4.78, 5) is 0. The molecule has 3 saturated carbocycles. The normalized spacial score (nSPS) is 54.2. The Morgan fingerprint density at radius 2 is 1.88 bits per heavy atom. The molecule has 2 bridgehead atoms. The van der Waals surface area contributed by atoms with Crippen molar-refractivity contribution in [2.24, 2.45) is 23.5 Å². The molecule has 0 aromatic rings. The Morgan fingerprint density at radius 3 is 2.35 bits per heavy atom. The molecule has 0 heterocycles. The van der Waals surface area contributed by atoms with Gasteiger partial charge in [0.1, 0.15) is 0 Å². The van der Waals surface area contributed by atoms with Crippen molar-refractivity contribution in [2.45, 2.75) is 75.9 Å². The van der Waals surface area contributed by atoms with E-state index in [1.54, 1.807) is 0 Å². The van der Waals surface area contributed by atoms with Crippen LogP contribution in [0, 0.1) is 17.8 Å². The predicted octanol–water partition coefficient (Wildman–Crippen LogP) is 2.84. The minimum atomic E-state index is -0.543. The number of aliphatic hydroxyl groups is 1. The smallest absolute Gasteiger partial charge is 0.0829 e. The molecule has 3 aliphatic rings. The summed E-state index contributed by atoms with van der Waals surface area (Å²) in [5.41, 5.74) is 5.91. The molecule has 3 atom stereocenters. The van der Waals surface area contributed by atoms with E-state index in [4.69, 9.17) is 5.73 Å². The van der Waals surface area contributed by atoms with Gasteiger partial charge in [-0.15, -0.1) is 0 Å². The predicted molar refractivity (Wildman–Crippen MR) is 69.6 cm³/mol. The Morgan fingerprint density at radius 1 is 1.18 bits per heavy atom. The van der Waals surface area contributed by atoms with Crippen molar-refractivity contribution in [1.29, 1.82) is 0 Å². The summed E-state index contributed by atoms with van der Waals surface area (Å²) < 4.78 is 0. The highest BCUT2D eigenvalue weighted by Crippen LogP contribution is 2.56. The van der Waals surface area contributed by atoms with Gasteiger partial charge in [0.15, 0.2) is 0 Å². The second-order valence-electron chi connectivity index (χ2n) is 7.00. The Balaban J connectivity index is 1.75. The lowest BCUT2D eigenvalue weighted by molar-refractivity contribution is -0.0932. The van der Waals surface area contributed by atoms with E-state index >= 15 is 0 Å². The molecular weight excluding hydrogens is 210 g/mol. The maximum absolute atomic E-state index is 11.0. The van der Waals surface area contributed by atoms with Gasteiger partial charge in [-0.05, 0) is 62.7 Å². The van der Waals surface area contributed by atoms with Gasteiger partial charge in [0, 0.05) is 5.54 Å². The first-order valence-electron chi connectivity index (χ1n) is 7.58. The van der Waals surface area contributed by atoms with Gasteiger partial charge in [0.2, 0.25) is 0 Å². The Hall–Kier alpha value is -0.0800. The van der Waals surface area contributed by atoms with Crippen LogP contribution in [0.4, 0.5) is 0 Å². The fourth-order valence-electron chi connectivity index (χ4n) is 4.97. The van der Waals surface area contributed by atoms with Gasteiger partial charge in [0.25, 0.3) is 0 Å².